The minimum Gasteiger partial charge on any atom is -0.335 e. The van der Waals surface area contributed by atoms with Crippen molar-refractivity contribution < 1.29 is 4.79 Å². The SMILES string of the molecule is Cc1nn(C)c(C)c1C1CCCN1C(=O)C(C)C(N)c1ccccc1.Cl.Cl. The molecule has 1 saturated heterocycles. The number of carbonyl (C=O) groups is 1. The Bertz CT molecular complexity index is 763. The van der Waals surface area contributed by atoms with Crippen LogP contribution in [0.3, 0.4) is 0 Å². The van der Waals surface area contributed by atoms with Gasteiger partial charge in [0.25, 0.3) is 0 Å². The van der Waals surface area contributed by atoms with Gasteiger partial charge in [0, 0.05) is 30.9 Å². The maximum atomic E-state index is 13.2. The highest BCUT2D eigenvalue weighted by molar-refractivity contribution is 5.85. The zero-order valence-corrected chi connectivity index (χ0v) is 18.0. The van der Waals surface area contributed by atoms with Crippen molar-refractivity contribution in [2.45, 2.75) is 45.7 Å². The quantitative estimate of drug-likeness (QED) is 0.828. The molecule has 1 fully saturated rings. The highest BCUT2D eigenvalue weighted by Crippen LogP contribution is 2.37. The molecular formula is C20H30Cl2N4O. The fraction of sp³-hybridized carbons (Fsp3) is 0.500. The molecule has 0 radical (unpaired) electrons. The summed E-state index contributed by atoms with van der Waals surface area (Å²) < 4.78 is 1.91. The van der Waals surface area contributed by atoms with Crippen molar-refractivity contribution in [2.24, 2.45) is 18.7 Å². The number of amides is 1. The number of benzene rings is 1. The van der Waals surface area contributed by atoms with E-state index in [0.717, 1.165) is 36.3 Å². The maximum Gasteiger partial charge on any atom is 0.227 e. The molecule has 3 atom stereocenters. The van der Waals surface area contributed by atoms with Gasteiger partial charge < -0.3 is 10.6 Å². The summed E-state index contributed by atoms with van der Waals surface area (Å²) >= 11 is 0. The summed E-state index contributed by atoms with van der Waals surface area (Å²) in [5.74, 6) is -0.109. The molecule has 1 amide bonds. The number of carbonyl (C=O) groups excluding carboxylic acids is 1. The molecule has 1 aromatic heterocycles. The number of hydrogen-bond acceptors (Lipinski definition) is 3. The predicted octanol–water partition coefficient (Wildman–Crippen LogP) is 3.88. The van der Waals surface area contributed by atoms with Gasteiger partial charge in [-0.15, -0.1) is 24.8 Å². The van der Waals surface area contributed by atoms with E-state index in [9.17, 15) is 4.79 Å². The smallest absolute Gasteiger partial charge is 0.227 e. The zero-order valence-electron chi connectivity index (χ0n) is 16.4. The molecule has 27 heavy (non-hydrogen) atoms. The van der Waals surface area contributed by atoms with Crippen molar-refractivity contribution in [1.82, 2.24) is 14.7 Å². The van der Waals surface area contributed by atoms with Crippen molar-refractivity contribution >= 4 is 30.7 Å². The van der Waals surface area contributed by atoms with E-state index in [1.165, 1.54) is 5.56 Å². The highest BCUT2D eigenvalue weighted by atomic mass is 35.5. The predicted molar refractivity (Wildman–Crippen MR) is 113 cm³/mol. The Balaban J connectivity index is 0.00000182. The first-order chi connectivity index (χ1) is 11.9. The first kappa shape index (κ1) is 23.5. The number of rotatable bonds is 4. The van der Waals surface area contributed by atoms with Gasteiger partial charge in [-0.25, -0.2) is 0 Å². The van der Waals surface area contributed by atoms with Crippen LogP contribution in [-0.4, -0.2) is 27.1 Å². The Morgan fingerprint density at radius 1 is 1.22 bits per heavy atom. The normalized spacial score (nSPS) is 18.4. The summed E-state index contributed by atoms with van der Waals surface area (Å²) in [6.45, 7) is 6.85. The van der Waals surface area contributed by atoms with Crippen molar-refractivity contribution in [3.63, 3.8) is 0 Å². The Hall–Kier alpha value is -1.56. The van der Waals surface area contributed by atoms with Crippen LogP contribution in [0.15, 0.2) is 30.3 Å². The highest BCUT2D eigenvalue weighted by Gasteiger charge is 2.36. The first-order valence-electron chi connectivity index (χ1n) is 9.03. The summed E-state index contributed by atoms with van der Waals surface area (Å²) in [5, 5.41) is 4.53. The van der Waals surface area contributed by atoms with Crippen LogP contribution in [0.2, 0.25) is 0 Å². The van der Waals surface area contributed by atoms with Gasteiger partial charge in [-0.3, -0.25) is 9.48 Å². The van der Waals surface area contributed by atoms with E-state index in [4.69, 9.17) is 5.73 Å². The lowest BCUT2D eigenvalue weighted by Gasteiger charge is -2.30. The van der Waals surface area contributed by atoms with Crippen LogP contribution in [-0.2, 0) is 11.8 Å². The summed E-state index contributed by atoms with van der Waals surface area (Å²) in [7, 11) is 1.96. The van der Waals surface area contributed by atoms with Gasteiger partial charge >= 0.3 is 0 Å². The van der Waals surface area contributed by atoms with Crippen LogP contribution in [0.5, 0.6) is 0 Å². The first-order valence-corrected chi connectivity index (χ1v) is 9.03. The van der Waals surface area contributed by atoms with Gasteiger partial charge in [0.1, 0.15) is 0 Å². The van der Waals surface area contributed by atoms with Gasteiger partial charge in [-0.05, 0) is 32.3 Å². The van der Waals surface area contributed by atoms with Gasteiger partial charge in [0.15, 0.2) is 0 Å². The number of aryl methyl sites for hydroxylation is 2. The van der Waals surface area contributed by atoms with Crippen LogP contribution >= 0.6 is 24.8 Å². The Morgan fingerprint density at radius 2 is 1.85 bits per heavy atom. The molecule has 2 N–H and O–H groups in total. The number of hydrogen-bond donors (Lipinski definition) is 1. The van der Waals surface area contributed by atoms with E-state index in [-0.39, 0.29) is 48.7 Å². The second-order valence-electron chi connectivity index (χ2n) is 7.12. The molecular weight excluding hydrogens is 383 g/mol. The molecule has 7 heteroatoms. The van der Waals surface area contributed by atoms with Crippen LogP contribution in [0, 0.1) is 19.8 Å². The van der Waals surface area contributed by atoms with E-state index >= 15 is 0 Å². The standard InChI is InChI=1S/C20H28N4O.2ClH/c1-13(19(21)16-9-6-5-7-10-16)20(25)24-12-8-11-17(24)18-14(2)22-23(4)15(18)3;;/h5-7,9-10,13,17,19H,8,11-12,21H2,1-4H3;2*1H. The molecule has 3 unspecified atom stereocenters. The molecule has 1 aliphatic rings. The van der Waals surface area contributed by atoms with E-state index < -0.39 is 0 Å². The van der Waals surface area contributed by atoms with E-state index in [1.54, 1.807) is 0 Å². The van der Waals surface area contributed by atoms with Crippen LogP contribution in [0.4, 0.5) is 0 Å². The van der Waals surface area contributed by atoms with Crippen molar-refractivity contribution in [3.8, 4) is 0 Å². The Kier molecular flexibility index (Phi) is 8.33. The van der Waals surface area contributed by atoms with Crippen molar-refractivity contribution in [2.75, 3.05) is 6.54 Å². The lowest BCUT2D eigenvalue weighted by molar-refractivity contribution is -0.136. The summed E-state index contributed by atoms with van der Waals surface area (Å²) in [4.78, 5) is 15.2. The van der Waals surface area contributed by atoms with Crippen LogP contribution < -0.4 is 5.73 Å². The molecule has 0 spiro atoms. The Labute approximate surface area is 174 Å². The molecule has 1 aromatic carbocycles. The summed E-state index contributed by atoms with van der Waals surface area (Å²) in [6.07, 6.45) is 2.02. The second kappa shape index (κ2) is 9.58. The monoisotopic (exact) mass is 412 g/mol. The molecule has 3 rings (SSSR count). The lowest BCUT2D eigenvalue weighted by Crippen LogP contribution is -2.39. The minimum absolute atomic E-state index is 0. The molecule has 2 aromatic rings. The van der Waals surface area contributed by atoms with Gasteiger partial charge in [-0.1, -0.05) is 37.3 Å². The molecule has 2 heterocycles. The number of nitrogens with zero attached hydrogens (tertiary/aromatic N) is 3. The van der Waals surface area contributed by atoms with Crippen molar-refractivity contribution in [3.05, 3.63) is 52.8 Å². The van der Waals surface area contributed by atoms with E-state index in [2.05, 4.69) is 12.0 Å². The topological polar surface area (TPSA) is 64.2 Å². The molecule has 0 aliphatic carbocycles. The van der Waals surface area contributed by atoms with Crippen LogP contribution in [0.25, 0.3) is 0 Å². The number of aromatic nitrogens is 2. The maximum absolute atomic E-state index is 13.2. The third-order valence-electron chi connectivity index (χ3n) is 5.55. The molecule has 0 saturated carbocycles. The molecule has 150 valence electrons. The molecule has 5 nitrogen and oxygen atoms in total. The molecule has 0 bridgehead atoms. The summed E-state index contributed by atoms with van der Waals surface area (Å²) in [5.41, 5.74) is 10.8. The fourth-order valence-electron chi connectivity index (χ4n) is 3.98. The Morgan fingerprint density at radius 3 is 2.41 bits per heavy atom. The summed E-state index contributed by atoms with van der Waals surface area (Å²) in [6, 6.07) is 9.71. The third-order valence-corrected chi connectivity index (χ3v) is 5.55. The van der Waals surface area contributed by atoms with Gasteiger partial charge in [0.05, 0.1) is 17.7 Å². The average Bonchev–Trinajstić information content (AvgIpc) is 3.18. The third kappa shape index (κ3) is 4.48. The lowest BCUT2D eigenvalue weighted by atomic mass is 9.93. The van der Waals surface area contributed by atoms with E-state index in [0.29, 0.717) is 0 Å². The van der Waals surface area contributed by atoms with Gasteiger partial charge in [0.2, 0.25) is 5.91 Å². The minimum atomic E-state index is -0.286. The second-order valence-corrected chi connectivity index (χ2v) is 7.12. The number of nitrogens with two attached hydrogens (primary N) is 1. The average molecular weight is 413 g/mol. The largest absolute Gasteiger partial charge is 0.335 e. The number of likely N-dealkylation sites (tertiary alicyclic amines) is 1. The number of halogens is 2. The van der Waals surface area contributed by atoms with Crippen molar-refractivity contribution in [1.29, 1.82) is 0 Å². The van der Waals surface area contributed by atoms with Crippen LogP contribution in [0.1, 0.15) is 54.4 Å². The molecule has 1 aliphatic heterocycles. The van der Waals surface area contributed by atoms with Gasteiger partial charge in [-0.2, -0.15) is 5.10 Å². The fourth-order valence-corrected chi connectivity index (χ4v) is 3.98. The van der Waals surface area contributed by atoms with E-state index in [1.807, 2.05) is 60.8 Å². The zero-order chi connectivity index (χ0) is 18.1.